The number of likely N-dealkylation sites (N-methyl/N-ethyl adjacent to an activating group) is 1. The van der Waals surface area contributed by atoms with Crippen LogP contribution in [-0.2, 0) is 0 Å². The van der Waals surface area contributed by atoms with E-state index >= 15 is 0 Å². The Hall–Kier alpha value is -1.61. The van der Waals surface area contributed by atoms with Crippen LogP contribution >= 0.6 is 0 Å². The quantitative estimate of drug-likeness (QED) is 0.751. The summed E-state index contributed by atoms with van der Waals surface area (Å²) in [6, 6.07) is 10.2. The van der Waals surface area contributed by atoms with Crippen molar-refractivity contribution in [3.63, 3.8) is 0 Å². The van der Waals surface area contributed by atoms with Crippen LogP contribution in [0.3, 0.4) is 0 Å². The van der Waals surface area contributed by atoms with Gasteiger partial charge in [-0.2, -0.15) is 0 Å². The molecule has 0 atom stereocenters. The van der Waals surface area contributed by atoms with Gasteiger partial charge in [-0.25, -0.2) is 0 Å². The molecule has 0 unspecified atom stereocenters. The zero-order valence-corrected chi connectivity index (χ0v) is 9.53. The van der Waals surface area contributed by atoms with Crippen molar-refractivity contribution >= 4 is 16.6 Å². The number of para-hydroxylation sites is 1. The molecule has 1 aromatic heterocycles. The first-order chi connectivity index (χ1) is 7.92. The van der Waals surface area contributed by atoms with Gasteiger partial charge in [0.25, 0.3) is 0 Å². The standard InChI is InChI=1S/C13H17N3/c1-2-14-9-10-16-13-7-8-15-12-6-4-3-5-11(12)13/h3-8,14H,2,9-10H2,1H3,(H,15,16). The summed E-state index contributed by atoms with van der Waals surface area (Å²) >= 11 is 0. The van der Waals surface area contributed by atoms with Crippen LogP contribution in [-0.4, -0.2) is 24.6 Å². The minimum Gasteiger partial charge on any atom is -0.383 e. The number of hydrogen-bond acceptors (Lipinski definition) is 3. The third-order valence-corrected chi connectivity index (χ3v) is 2.52. The van der Waals surface area contributed by atoms with Crippen molar-refractivity contribution in [2.45, 2.75) is 6.92 Å². The third kappa shape index (κ3) is 2.49. The van der Waals surface area contributed by atoms with E-state index in [1.165, 1.54) is 5.39 Å². The largest absolute Gasteiger partial charge is 0.383 e. The number of nitrogens with zero attached hydrogens (tertiary/aromatic N) is 1. The molecule has 2 rings (SSSR count). The van der Waals surface area contributed by atoms with Gasteiger partial charge in [-0.3, -0.25) is 4.98 Å². The number of benzene rings is 1. The highest BCUT2D eigenvalue weighted by molar-refractivity contribution is 5.90. The summed E-state index contributed by atoms with van der Waals surface area (Å²) in [6.45, 7) is 5.04. The summed E-state index contributed by atoms with van der Waals surface area (Å²) in [4.78, 5) is 4.33. The van der Waals surface area contributed by atoms with Gasteiger partial charge < -0.3 is 10.6 Å². The SMILES string of the molecule is CCNCCNc1ccnc2ccccc12. The average Bonchev–Trinajstić information content (AvgIpc) is 2.35. The van der Waals surface area contributed by atoms with Gasteiger partial charge in [0.1, 0.15) is 0 Å². The summed E-state index contributed by atoms with van der Waals surface area (Å²) in [5, 5.41) is 7.89. The molecule has 2 N–H and O–H groups in total. The van der Waals surface area contributed by atoms with Crippen molar-refractivity contribution in [3.8, 4) is 0 Å². The molecule has 1 aromatic carbocycles. The summed E-state index contributed by atoms with van der Waals surface area (Å²) in [6.07, 6.45) is 1.85. The number of aromatic nitrogens is 1. The molecule has 0 aliphatic heterocycles. The number of nitrogens with one attached hydrogen (secondary N) is 2. The lowest BCUT2D eigenvalue weighted by Gasteiger charge is -2.09. The minimum atomic E-state index is 0.932. The van der Waals surface area contributed by atoms with Crippen molar-refractivity contribution in [3.05, 3.63) is 36.5 Å². The molecule has 0 aliphatic carbocycles. The van der Waals surface area contributed by atoms with E-state index in [2.05, 4.69) is 28.6 Å². The van der Waals surface area contributed by atoms with E-state index in [4.69, 9.17) is 0 Å². The highest BCUT2D eigenvalue weighted by Gasteiger charge is 1.99. The van der Waals surface area contributed by atoms with Crippen LogP contribution in [0.25, 0.3) is 10.9 Å². The van der Waals surface area contributed by atoms with Gasteiger partial charge >= 0.3 is 0 Å². The fraction of sp³-hybridized carbons (Fsp3) is 0.308. The highest BCUT2D eigenvalue weighted by Crippen LogP contribution is 2.20. The Bertz CT molecular complexity index is 448. The molecule has 0 aliphatic rings. The Balaban J connectivity index is 2.11. The van der Waals surface area contributed by atoms with Gasteiger partial charge in [0.15, 0.2) is 0 Å². The first kappa shape index (κ1) is 10.9. The van der Waals surface area contributed by atoms with Crippen LogP contribution < -0.4 is 10.6 Å². The lowest BCUT2D eigenvalue weighted by Crippen LogP contribution is -2.21. The molecule has 0 saturated carbocycles. The Kier molecular flexibility index (Phi) is 3.72. The first-order valence-corrected chi connectivity index (χ1v) is 5.70. The summed E-state index contributed by atoms with van der Waals surface area (Å²) < 4.78 is 0. The lowest BCUT2D eigenvalue weighted by atomic mass is 10.2. The van der Waals surface area contributed by atoms with E-state index in [1.54, 1.807) is 0 Å². The predicted octanol–water partition coefficient (Wildman–Crippen LogP) is 2.26. The number of anilines is 1. The molecule has 2 aromatic rings. The van der Waals surface area contributed by atoms with Crippen LogP contribution in [0.2, 0.25) is 0 Å². The van der Waals surface area contributed by atoms with Gasteiger partial charge in [0.05, 0.1) is 5.52 Å². The van der Waals surface area contributed by atoms with Crippen molar-refractivity contribution < 1.29 is 0 Å². The molecule has 3 heteroatoms. The molecular weight excluding hydrogens is 198 g/mol. The number of fused-ring (bicyclic) bond motifs is 1. The summed E-state index contributed by atoms with van der Waals surface area (Å²) in [5.74, 6) is 0. The van der Waals surface area contributed by atoms with Crippen molar-refractivity contribution in [1.29, 1.82) is 0 Å². The van der Waals surface area contributed by atoms with Crippen LogP contribution in [0.5, 0.6) is 0 Å². The normalized spacial score (nSPS) is 10.6. The highest BCUT2D eigenvalue weighted by atomic mass is 14.9. The molecule has 0 radical (unpaired) electrons. The second kappa shape index (κ2) is 5.47. The maximum atomic E-state index is 4.33. The Labute approximate surface area is 95.9 Å². The van der Waals surface area contributed by atoms with Crippen LogP contribution in [0.4, 0.5) is 5.69 Å². The predicted molar refractivity (Wildman–Crippen MR) is 68.8 cm³/mol. The average molecular weight is 215 g/mol. The second-order valence-electron chi connectivity index (χ2n) is 3.66. The third-order valence-electron chi connectivity index (χ3n) is 2.52. The molecular formula is C13H17N3. The van der Waals surface area contributed by atoms with E-state index in [-0.39, 0.29) is 0 Å². The Morgan fingerprint density at radius 3 is 2.88 bits per heavy atom. The van der Waals surface area contributed by atoms with Gasteiger partial charge in [-0.1, -0.05) is 25.1 Å². The Morgan fingerprint density at radius 1 is 1.12 bits per heavy atom. The molecule has 0 spiro atoms. The lowest BCUT2D eigenvalue weighted by molar-refractivity contribution is 0.739. The molecule has 16 heavy (non-hydrogen) atoms. The molecule has 84 valence electrons. The van der Waals surface area contributed by atoms with E-state index in [0.29, 0.717) is 0 Å². The smallest absolute Gasteiger partial charge is 0.0722 e. The molecule has 0 amide bonds. The van der Waals surface area contributed by atoms with E-state index in [1.807, 2.05) is 30.5 Å². The van der Waals surface area contributed by atoms with Crippen molar-refractivity contribution in [2.75, 3.05) is 25.0 Å². The fourth-order valence-electron chi connectivity index (χ4n) is 1.71. The van der Waals surface area contributed by atoms with Crippen molar-refractivity contribution in [1.82, 2.24) is 10.3 Å². The van der Waals surface area contributed by atoms with Crippen molar-refractivity contribution in [2.24, 2.45) is 0 Å². The van der Waals surface area contributed by atoms with E-state index < -0.39 is 0 Å². The minimum absolute atomic E-state index is 0.932. The van der Waals surface area contributed by atoms with Gasteiger partial charge in [0, 0.05) is 30.4 Å². The van der Waals surface area contributed by atoms with Gasteiger partial charge in [0.2, 0.25) is 0 Å². The molecule has 1 heterocycles. The van der Waals surface area contributed by atoms with E-state index in [0.717, 1.165) is 30.8 Å². The zero-order valence-electron chi connectivity index (χ0n) is 9.53. The van der Waals surface area contributed by atoms with Crippen LogP contribution in [0.1, 0.15) is 6.92 Å². The van der Waals surface area contributed by atoms with Crippen LogP contribution in [0, 0.1) is 0 Å². The monoisotopic (exact) mass is 215 g/mol. The number of rotatable bonds is 5. The van der Waals surface area contributed by atoms with Crippen LogP contribution in [0.15, 0.2) is 36.5 Å². The second-order valence-corrected chi connectivity index (χ2v) is 3.66. The topological polar surface area (TPSA) is 37.0 Å². The number of pyridine rings is 1. The molecule has 0 saturated heterocycles. The zero-order chi connectivity index (χ0) is 11.2. The summed E-state index contributed by atoms with van der Waals surface area (Å²) in [5.41, 5.74) is 2.19. The number of hydrogen-bond donors (Lipinski definition) is 2. The van der Waals surface area contributed by atoms with Gasteiger partial charge in [-0.15, -0.1) is 0 Å². The van der Waals surface area contributed by atoms with E-state index in [9.17, 15) is 0 Å². The first-order valence-electron chi connectivity index (χ1n) is 5.70. The Morgan fingerprint density at radius 2 is 2.00 bits per heavy atom. The fourth-order valence-corrected chi connectivity index (χ4v) is 1.71. The molecule has 0 fully saturated rings. The maximum absolute atomic E-state index is 4.33. The maximum Gasteiger partial charge on any atom is 0.0722 e. The molecule has 3 nitrogen and oxygen atoms in total. The van der Waals surface area contributed by atoms with Gasteiger partial charge in [-0.05, 0) is 18.7 Å². The molecule has 0 bridgehead atoms. The summed E-state index contributed by atoms with van der Waals surface area (Å²) in [7, 11) is 0.